The summed E-state index contributed by atoms with van der Waals surface area (Å²) in [5.41, 5.74) is -1.02. The van der Waals surface area contributed by atoms with Crippen LogP contribution in [0.2, 0.25) is 0 Å². The highest BCUT2D eigenvalue weighted by Crippen LogP contribution is 2.20. The van der Waals surface area contributed by atoms with Crippen LogP contribution in [0.3, 0.4) is 0 Å². The third kappa shape index (κ3) is 2.87. The van der Waals surface area contributed by atoms with Gasteiger partial charge in [-0.3, -0.25) is 4.79 Å². The Labute approximate surface area is 107 Å². The summed E-state index contributed by atoms with van der Waals surface area (Å²) in [6, 6.07) is 0.791. The van der Waals surface area contributed by atoms with Crippen molar-refractivity contribution in [1.82, 2.24) is 5.32 Å². The maximum Gasteiger partial charge on any atom is 0.338 e. The Morgan fingerprint density at radius 2 is 2.05 bits per heavy atom. The SMILES string of the molecule is O=C(O)c1cc(NC(=O)[C@H]2CCCN2)c(F)cc1F. The van der Waals surface area contributed by atoms with Gasteiger partial charge in [0.15, 0.2) is 0 Å². The van der Waals surface area contributed by atoms with Gasteiger partial charge in [0.25, 0.3) is 0 Å². The molecule has 0 unspecified atom stereocenters. The lowest BCUT2D eigenvalue weighted by Crippen LogP contribution is -2.35. The van der Waals surface area contributed by atoms with Crippen LogP contribution in [-0.4, -0.2) is 29.6 Å². The first-order valence-electron chi connectivity index (χ1n) is 5.75. The Bertz CT molecular complexity index is 528. The van der Waals surface area contributed by atoms with Crippen LogP contribution in [0.5, 0.6) is 0 Å². The van der Waals surface area contributed by atoms with Gasteiger partial charge in [0.05, 0.1) is 17.3 Å². The van der Waals surface area contributed by atoms with Crippen LogP contribution in [0.4, 0.5) is 14.5 Å². The molecule has 1 heterocycles. The molecular weight excluding hydrogens is 258 g/mol. The number of carboxylic acids is 1. The summed E-state index contributed by atoms with van der Waals surface area (Å²) in [5, 5.41) is 13.9. The van der Waals surface area contributed by atoms with E-state index < -0.39 is 35.1 Å². The van der Waals surface area contributed by atoms with E-state index in [1.807, 2.05) is 0 Å². The molecular formula is C12H12F2N2O3. The molecule has 1 aliphatic rings. The molecule has 5 nitrogen and oxygen atoms in total. The second kappa shape index (κ2) is 5.31. The molecule has 1 aromatic rings. The number of carbonyl (C=O) groups excluding carboxylic acids is 1. The highest BCUT2D eigenvalue weighted by molar-refractivity contribution is 5.97. The van der Waals surface area contributed by atoms with Crippen LogP contribution in [0.1, 0.15) is 23.2 Å². The van der Waals surface area contributed by atoms with E-state index in [1.165, 1.54) is 0 Å². The number of carbonyl (C=O) groups is 2. The Balaban J connectivity index is 2.21. The molecule has 1 aliphatic heterocycles. The van der Waals surface area contributed by atoms with Crippen molar-refractivity contribution in [3.8, 4) is 0 Å². The topological polar surface area (TPSA) is 78.4 Å². The van der Waals surface area contributed by atoms with Crippen LogP contribution >= 0.6 is 0 Å². The number of amides is 1. The lowest BCUT2D eigenvalue weighted by molar-refractivity contribution is -0.117. The summed E-state index contributed by atoms with van der Waals surface area (Å²) < 4.78 is 26.6. The van der Waals surface area contributed by atoms with Crippen molar-refractivity contribution >= 4 is 17.6 Å². The van der Waals surface area contributed by atoms with Gasteiger partial charge < -0.3 is 15.7 Å². The molecule has 19 heavy (non-hydrogen) atoms. The molecule has 0 aromatic heterocycles. The first-order valence-corrected chi connectivity index (χ1v) is 5.75. The van der Waals surface area contributed by atoms with Crippen molar-refractivity contribution in [2.45, 2.75) is 18.9 Å². The van der Waals surface area contributed by atoms with Gasteiger partial charge in [-0.15, -0.1) is 0 Å². The molecule has 0 aliphatic carbocycles. The number of carboxylic acid groups (broad SMARTS) is 1. The lowest BCUT2D eigenvalue weighted by atomic mass is 10.1. The summed E-state index contributed by atoms with van der Waals surface area (Å²) in [4.78, 5) is 22.5. The zero-order valence-corrected chi connectivity index (χ0v) is 9.87. The number of anilines is 1. The van der Waals surface area contributed by atoms with Crippen molar-refractivity contribution in [2.24, 2.45) is 0 Å². The van der Waals surface area contributed by atoms with Gasteiger partial charge >= 0.3 is 5.97 Å². The third-order valence-electron chi connectivity index (χ3n) is 2.92. The number of rotatable bonds is 3. The molecule has 0 saturated carbocycles. The molecule has 0 spiro atoms. The third-order valence-corrected chi connectivity index (χ3v) is 2.92. The molecule has 3 N–H and O–H groups in total. The molecule has 1 saturated heterocycles. The minimum atomic E-state index is -1.52. The van der Waals surface area contributed by atoms with Gasteiger partial charge in [0.2, 0.25) is 5.91 Å². The Hall–Kier alpha value is -2.02. The quantitative estimate of drug-likeness (QED) is 0.774. The molecule has 0 radical (unpaired) electrons. The van der Waals surface area contributed by atoms with Gasteiger partial charge in [-0.1, -0.05) is 0 Å². The normalized spacial score (nSPS) is 18.3. The number of benzene rings is 1. The van der Waals surface area contributed by atoms with E-state index in [0.717, 1.165) is 12.5 Å². The lowest BCUT2D eigenvalue weighted by Gasteiger charge is -2.12. The number of nitrogens with one attached hydrogen (secondary N) is 2. The molecule has 2 rings (SSSR count). The summed E-state index contributed by atoms with van der Waals surface area (Å²) in [6.45, 7) is 0.699. The van der Waals surface area contributed by atoms with E-state index in [2.05, 4.69) is 10.6 Å². The molecule has 1 fully saturated rings. The van der Waals surface area contributed by atoms with Crippen molar-refractivity contribution < 1.29 is 23.5 Å². The van der Waals surface area contributed by atoms with Crippen LogP contribution in [0, 0.1) is 11.6 Å². The molecule has 1 aromatic carbocycles. The van der Waals surface area contributed by atoms with Gasteiger partial charge in [-0.2, -0.15) is 0 Å². The fraction of sp³-hybridized carbons (Fsp3) is 0.333. The monoisotopic (exact) mass is 270 g/mol. The molecule has 102 valence electrons. The van der Waals surface area contributed by atoms with Crippen molar-refractivity contribution in [3.63, 3.8) is 0 Å². The van der Waals surface area contributed by atoms with Gasteiger partial charge in [-0.05, 0) is 25.5 Å². The predicted octanol–water partition coefficient (Wildman–Crippen LogP) is 1.35. The zero-order valence-electron chi connectivity index (χ0n) is 9.87. The van der Waals surface area contributed by atoms with E-state index in [-0.39, 0.29) is 5.69 Å². The fourth-order valence-corrected chi connectivity index (χ4v) is 1.94. The molecule has 7 heteroatoms. The zero-order chi connectivity index (χ0) is 14.0. The van der Waals surface area contributed by atoms with Crippen LogP contribution in [0.15, 0.2) is 12.1 Å². The second-order valence-electron chi connectivity index (χ2n) is 4.26. The highest BCUT2D eigenvalue weighted by atomic mass is 19.1. The van der Waals surface area contributed by atoms with E-state index in [0.29, 0.717) is 19.0 Å². The van der Waals surface area contributed by atoms with Gasteiger partial charge in [-0.25, -0.2) is 13.6 Å². The average molecular weight is 270 g/mol. The summed E-state index contributed by atoms with van der Waals surface area (Å²) in [6.07, 6.45) is 1.46. The van der Waals surface area contributed by atoms with Crippen molar-refractivity contribution in [2.75, 3.05) is 11.9 Å². The summed E-state index contributed by atoms with van der Waals surface area (Å²) in [7, 11) is 0. The van der Waals surface area contributed by atoms with E-state index in [9.17, 15) is 18.4 Å². The van der Waals surface area contributed by atoms with E-state index in [1.54, 1.807) is 0 Å². The fourth-order valence-electron chi connectivity index (χ4n) is 1.94. The molecule has 0 bridgehead atoms. The van der Waals surface area contributed by atoms with Gasteiger partial charge in [0, 0.05) is 6.07 Å². The van der Waals surface area contributed by atoms with Crippen molar-refractivity contribution in [3.05, 3.63) is 29.3 Å². The Kier molecular flexibility index (Phi) is 3.75. The average Bonchev–Trinajstić information content (AvgIpc) is 2.85. The summed E-state index contributed by atoms with van der Waals surface area (Å²) >= 11 is 0. The second-order valence-corrected chi connectivity index (χ2v) is 4.26. The number of hydrogen-bond donors (Lipinski definition) is 3. The van der Waals surface area contributed by atoms with Gasteiger partial charge in [0.1, 0.15) is 11.6 Å². The first kappa shape index (κ1) is 13.4. The van der Waals surface area contributed by atoms with Crippen LogP contribution in [-0.2, 0) is 4.79 Å². The minimum Gasteiger partial charge on any atom is -0.478 e. The number of halogens is 2. The largest absolute Gasteiger partial charge is 0.478 e. The predicted molar refractivity (Wildman–Crippen MR) is 63.0 cm³/mol. The smallest absolute Gasteiger partial charge is 0.338 e. The minimum absolute atomic E-state index is 0.336. The Morgan fingerprint density at radius 3 is 2.63 bits per heavy atom. The standard InChI is InChI=1S/C12H12F2N2O3/c13-7-5-8(14)10(4-6(7)12(18)19)16-11(17)9-2-1-3-15-9/h4-5,9,15H,1-3H2,(H,16,17)(H,18,19)/t9-/m1/s1. The highest BCUT2D eigenvalue weighted by Gasteiger charge is 2.24. The van der Waals surface area contributed by atoms with E-state index in [4.69, 9.17) is 5.11 Å². The Morgan fingerprint density at radius 1 is 1.32 bits per heavy atom. The maximum atomic E-state index is 13.5. The van der Waals surface area contributed by atoms with E-state index >= 15 is 0 Å². The number of hydrogen-bond acceptors (Lipinski definition) is 3. The molecule has 1 amide bonds. The summed E-state index contributed by atoms with van der Waals surface area (Å²) in [5.74, 6) is -4.16. The van der Waals surface area contributed by atoms with Crippen LogP contribution in [0.25, 0.3) is 0 Å². The number of aromatic carboxylic acids is 1. The van der Waals surface area contributed by atoms with Crippen LogP contribution < -0.4 is 10.6 Å². The molecule has 1 atom stereocenters. The first-order chi connectivity index (χ1) is 8.99. The van der Waals surface area contributed by atoms with Crippen molar-refractivity contribution in [1.29, 1.82) is 0 Å². The maximum absolute atomic E-state index is 13.5.